The number of nitrogens with two attached hydrogens (primary N) is 1. The second kappa shape index (κ2) is 5.52. The molecule has 0 spiro atoms. The van der Waals surface area contributed by atoms with Gasteiger partial charge in [0.25, 0.3) is 0 Å². The Morgan fingerprint density at radius 1 is 1.35 bits per heavy atom. The molecular formula is C13H16BrN3. The number of nitriles is 1. The Hall–Kier alpha value is -1.05. The van der Waals surface area contributed by atoms with Crippen LogP contribution >= 0.6 is 15.9 Å². The Bertz CT molecular complexity index is 439. The summed E-state index contributed by atoms with van der Waals surface area (Å²) in [6, 6.07) is 8.32. The van der Waals surface area contributed by atoms with Crippen molar-refractivity contribution in [2.75, 3.05) is 5.32 Å². The van der Waals surface area contributed by atoms with Crippen LogP contribution in [0.5, 0.6) is 0 Å². The van der Waals surface area contributed by atoms with Crippen LogP contribution in [0.3, 0.4) is 0 Å². The minimum atomic E-state index is 0.189. The molecule has 90 valence electrons. The Morgan fingerprint density at radius 3 is 2.82 bits per heavy atom. The van der Waals surface area contributed by atoms with Gasteiger partial charge < -0.3 is 11.1 Å². The Kier molecular flexibility index (Phi) is 4.03. The van der Waals surface area contributed by atoms with E-state index in [4.69, 9.17) is 11.0 Å². The van der Waals surface area contributed by atoms with Gasteiger partial charge in [0, 0.05) is 16.6 Å². The number of anilines is 1. The molecule has 0 saturated heterocycles. The lowest BCUT2D eigenvalue weighted by atomic mass is 9.90. The van der Waals surface area contributed by atoms with E-state index in [9.17, 15) is 0 Å². The van der Waals surface area contributed by atoms with Gasteiger partial charge in [-0.2, -0.15) is 5.26 Å². The van der Waals surface area contributed by atoms with Gasteiger partial charge in [0.1, 0.15) is 6.07 Å². The molecule has 4 heteroatoms. The van der Waals surface area contributed by atoms with Crippen molar-refractivity contribution < 1.29 is 0 Å². The zero-order valence-electron chi connectivity index (χ0n) is 9.62. The third kappa shape index (κ3) is 2.99. The minimum Gasteiger partial charge on any atom is -0.380 e. The van der Waals surface area contributed by atoms with Crippen LogP contribution in [0.25, 0.3) is 0 Å². The molecule has 1 aromatic carbocycles. The van der Waals surface area contributed by atoms with E-state index in [1.54, 1.807) is 0 Å². The lowest BCUT2D eigenvalue weighted by Crippen LogP contribution is -2.42. The average molecular weight is 294 g/mol. The molecular weight excluding hydrogens is 278 g/mol. The van der Waals surface area contributed by atoms with Crippen LogP contribution in [0, 0.1) is 11.3 Å². The van der Waals surface area contributed by atoms with E-state index < -0.39 is 0 Å². The molecule has 0 aliphatic heterocycles. The summed E-state index contributed by atoms with van der Waals surface area (Å²) < 4.78 is 0.975. The maximum atomic E-state index is 9.07. The van der Waals surface area contributed by atoms with Crippen molar-refractivity contribution in [1.29, 1.82) is 5.26 Å². The van der Waals surface area contributed by atoms with Gasteiger partial charge in [0.05, 0.1) is 11.3 Å². The van der Waals surface area contributed by atoms with Gasteiger partial charge in [-0.25, -0.2) is 0 Å². The fourth-order valence-corrected chi connectivity index (χ4v) is 2.63. The maximum absolute atomic E-state index is 9.07. The van der Waals surface area contributed by atoms with Gasteiger partial charge in [0.2, 0.25) is 0 Å². The van der Waals surface area contributed by atoms with Gasteiger partial charge >= 0.3 is 0 Å². The van der Waals surface area contributed by atoms with Crippen LogP contribution in [0.4, 0.5) is 5.69 Å². The van der Waals surface area contributed by atoms with Crippen LogP contribution in [0.15, 0.2) is 22.7 Å². The van der Waals surface area contributed by atoms with Crippen LogP contribution in [0.1, 0.15) is 31.2 Å². The third-order valence-electron chi connectivity index (χ3n) is 3.26. The predicted molar refractivity (Wildman–Crippen MR) is 72.7 cm³/mol. The molecule has 0 heterocycles. The van der Waals surface area contributed by atoms with Crippen molar-refractivity contribution in [3.05, 3.63) is 28.2 Å². The molecule has 1 aliphatic rings. The Labute approximate surface area is 110 Å². The number of rotatable bonds is 2. The van der Waals surface area contributed by atoms with Gasteiger partial charge in [-0.1, -0.05) is 28.8 Å². The Morgan fingerprint density at radius 2 is 2.12 bits per heavy atom. The number of benzene rings is 1. The van der Waals surface area contributed by atoms with Crippen molar-refractivity contribution in [1.82, 2.24) is 0 Å². The van der Waals surface area contributed by atoms with Crippen molar-refractivity contribution in [2.45, 2.75) is 37.8 Å². The lowest BCUT2D eigenvalue weighted by Gasteiger charge is -2.30. The molecule has 1 aromatic rings. The number of nitrogens with zero attached hydrogens (tertiary/aromatic N) is 1. The summed E-state index contributed by atoms with van der Waals surface area (Å²) in [5, 5.41) is 12.5. The lowest BCUT2D eigenvalue weighted by molar-refractivity contribution is 0.404. The van der Waals surface area contributed by atoms with Crippen LogP contribution in [-0.4, -0.2) is 12.1 Å². The summed E-state index contributed by atoms with van der Waals surface area (Å²) in [6.07, 6.45) is 4.57. The van der Waals surface area contributed by atoms with Gasteiger partial charge in [-0.15, -0.1) is 0 Å². The molecule has 2 atom stereocenters. The molecule has 1 fully saturated rings. The average Bonchev–Trinajstić information content (AvgIpc) is 2.32. The van der Waals surface area contributed by atoms with E-state index in [1.165, 1.54) is 12.8 Å². The molecule has 0 bridgehead atoms. The quantitative estimate of drug-likeness (QED) is 0.881. The predicted octanol–water partition coefficient (Wildman–Crippen LogP) is 3.00. The summed E-state index contributed by atoms with van der Waals surface area (Å²) >= 11 is 3.42. The summed E-state index contributed by atoms with van der Waals surface area (Å²) in [4.78, 5) is 0. The molecule has 0 aromatic heterocycles. The summed E-state index contributed by atoms with van der Waals surface area (Å²) in [6.45, 7) is 0. The van der Waals surface area contributed by atoms with E-state index in [1.807, 2.05) is 18.2 Å². The molecule has 2 rings (SSSR count). The number of halogens is 1. The molecule has 3 nitrogen and oxygen atoms in total. The monoisotopic (exact) mass is 293 g/mol. The number of nitrogens with one attached hydrogen (secondary N) is 1. The highest BCUT2D eigenvalue weighted by molar-refractivity contribution is 9.10. The molecule has 2 unspecified atom stereocenters. The van der Waals surface area contributed by atoms with Crippen molar-refractivity contribution in [2.24, 2.45) is 5.73 Å². The van der Waals surface area contributed by atoms with Crippen molar-refractivity contribution in [3.8, 4) is 6.07 Å². The first-order chi connectivity index (χ1) is 8.20. The van der Waals surface area contributed by atoms with Crippen molar-refractivity contribution >= 4 is 21.6 Å². The summed E-state index contributed by atoms with van der Waals surface area (Å²) in [5.41, 5.74) is 7.65. The van der Waals surface area contributed by atoms with E-state index >= 15 is 0 Å². The van der Waals surface area contributed by atoms with E-state index in [-0.39, 0.29) is 12.1 Å². The molecule has 1 saturated carbocycles. The normalized spacial score (nSPS) is 24.1. The fourth-order valence-electron chi connectivity index (χ4n) is 2.27. The van der Waals surface area contributed by atoms with Crippen LogP contribution < -0.4 is 11.1 Å². The van der Waals surface area contributed by atoms with Gasteiger partial charge in [-0.05, 0) is 31.0 Å². The highest BCUT2D eigenvalue weighted by Crippen LogP contribution is 2.25. The molecule has 3 N–H and O–H groups in total. The van der Waals surface area contributed by atoms with Crippen LogP contribution in [0.2, 0.25) is 0 Å². The van der Waals surface area contributed by atoms with E-state index in [0.29, 0.717) is 5.56 Å². The molecule has 1 aliphatic carbocycles. The first kappa shape index (κ1) is 12.4. The minimum absolute atomic E-state index is 0.189. The molecule has 0 radical (unpaired) electrons. The number of hydrogen-bond acceptors (Lipinski definition) is 3. The topological polar surface area (TPSA) is 61.8 Å². The van der Waals surface area contributed by atoms with Crippen molar-refractivity contribution in [3.63, 3.8) is 0 Å². The molecule has 17 heavy (non-hydrogen) atoms. The highest BCUT2D eigenvalue weighted by atomic mass is 79.9. The zero-order chi connectivity index (χ0) is 12.3. The highest BCUT2D eigenvalue weighted by Gasteiger charge is 2.22. The second-order valence-corrected chi connectivity index (χ2v) is 5.42. The van der Waals surface area contributed by atoms with E-state index in [2.05, 4.69) is 27.3 Å². The van der Waals surface area contributed by atoms with Gasteiger partial charge in [-0.3, -0.25) is 0 Å². The first-order valence-corrected chi connectivity index (χ1v) is 6.72. The van der Waals surface area contributed by atoms with E-state index in [0.717, 1.165) is 23.0 Å². The second-order valence-electron chi connectivity index (χ2n) is 4.50. The van der Waals surface area contributed by atoms with Crippen LogP contribution in [-0.2, 0) is 0 Å². The third-order valence-corrected chi connectivity index (χ3v) is 3.76. The smallest absolute Gasteiger partial charge is 0.101 e. The fraction of sp³-hybridized carbons (Fsp3) is 0.462. The maximum Gasteiger partial charge on any atom is 0.101 e. The molecule has 0 amide bonds. The summed E-state index contributed by atoms with van der Waals surface area (Å²) in [5.74, 6) is 0. The van der Waals surface area contributed by atoms with Gasteiger partial charge in [0.15, 0.2) is 0 Å². The Balaban J connectivity index is 2.17. The number of hydrogen-bond donors (Lipinski definition) is 2. The standard InChI is InChI=1S/C13H16BrN3/c14-10-6-5-9(8-15)13(7-10)17-12-4-2-1-3-11(12)16/h5-7,11-12,17H,1-4,16H2. The SMILES string of the molecule is N#Cc1ccc(Br)cc1NC1CCCCC1N. The summed E-state index contributed by atoms with van der Waals surface area (Å²) in [7, 11) is 0. The largest absolute Gasteiger partial charge is 0.380 e. The first-order valence-electron chi connectivity index (χ1n) is 5.92. The zero-order valence-corrected chi connectivity index (χ0v) is 11.2.